The van der Waals surface area contributed by atoms with E-state index < -0.39 is 5.54 Å². The van der Waals surface area contributed by atoms with Gasteiger partial charge in [0.2, 0.25) is 11.4 Å². The van der Waals surface area contributed by atoms with Gasteiger partial charge in [-0.3, -0.25) is 14.9 Å². The summed E-state index contributed by atoms with van der Waals surface area (Å²) in [6.45, 7) is 5.48. The minimum absolute atomic E-state index is 0.0245. The number of carbonyl (C=O) groups excluding carboxylic acids is 1. The summed E-state index contributed by atoms with van der Waals surface area (Å²) in [7, 11) is 0. The van der Waals surface area contributed by atoms with Crippen LogP contribution in [0.25, 0.3) is 0 Å². The van der Waals surface area contributed by atoms with Crippen molar-refractivity contribution in [1.29, 1.82) is 0 Å². The van der Waals surface area contributed by atoms with Crippen LogP contribution < -0.4 is 5.73 Å². The molecule has 0 aromatic rings. The first-order chi connectivity index (χ1) is 7.33. The molecule has 0 aromatic carbocycles. The molecule has 0 spiro atoms. The van der Waals surface area contributed by atoms with Crippen molar-refractivity contribution in [2.75, 3.05) is 19.6 Å². The maximum atomic E-state index is 10.8. The molecule has 1 aliphatic rings. The van der Waals surface area contributed by atoms with Gasteiger partial charge in [-0.2, -0.15) is 0 Å². The van der Waals surface area contributed by atoms with Crippen LogP contribution in [0.1, 0.15) is 26.7 Å². The highest BCUT2D eigenvalue weighted by Crippen LogP contribution is 2.19. The quantitative estimate of drug-likeness (QED) is 0.522. The molecule has 2 N–H and O–H groups in total. The number of amides is 1. The zero-order chi connectivity index (χ0) is 12.3. The molecule has 1 rings (SSSR count). The van der Waals surface area contributed by atoms with Crippen LogP contribution in [-0.2, 0) is 4.79 Å². The fraction of sp³-hybridized carbons (Fsp3) is 0.900. The standard InChI is InChI=1S/C10H19N3O3/c1-10(2,13(15)16)4-3-5-12-6-8(7-12)9(11)14/h8H,3-7H2,1-2H3,(H2,11,14). The fourth-order valence-corrected chi connectivity index (χ4v) is 1.76. The maximum Gasteiger partial charge on any atom is 0.223 e. The first-order valence-corrected chi connectivity index (χ1v) is 5.49. The summed E-state index contributed by atoms with van der Waals surface area (Å²) in [4.78, 5) is 23.3. The Morgan fingerprint density at radius 2 is 2.12 bits per heavy atom. The van der Waals surface area contributed by atoms with Crippen LogP contribution in [0.5, 0.6) is 0 Å². The molecule has 0 bridgehead atoms. The van der Waals surface area contributed by atoms with Crippen LogP contribution in [0.4, 0.5) is 0 Å². The number of nitro groups is 1. The molecule has 6 heteroatoms. The second-order valence-electron chi connectivity index (χ2n) is 5.03. The van der Waals surface area contributed by atoms with Crippen LogP contribution in [0.2, 0.25) is 0 Å². The van der Waals surface area contributed by atoms with Crippen molar-refractivity contribution in [1.82, 2.24) is 4.90 Å². The first kappa shape index (κ1) is 12.9. The number of primary amides is 1. The number of likely N-dealkylation sites (tertiary alicyclic amines) is 1. The third kappa shape index (κ3) is 3.16. The van der Waals surface area contributed by atoms with E-state index in [4.69, 9.17) is 5.73 Å². The van der Waals surface area contributed by atoms with Crippen molar-refractivity contribution in [2.45, 2.75) is 32.2 Å². The highest BCUT2D eigenvalue weighted by molar-refractivity contribution is 5.78. The van der Waals surface area contributed by atoms with E-state index in [0.29, 0.717) is 19.5 Å². The smallest absolute Gasteiger partial charge is 0.223 e. The van der Waals surface area contributed by atoms with E-state index in [9.17, 15) is 14.9 Å². The highest BCUT2D eigenvalue weighted by Gasteiger charge is 2.33. The van der Waals surface area contributed by atoms with Crippen LogP contribution in [0.3, 0.4) is 0 Å². The molecule has 1 saturated heterocycles. The topological polar surface area (TPSA) is 89.5 Å². The highest BCUT2D eigenvalue weighted by atomic mass is 16.6. The zero-order valence-electron chi connectivity index (χ0n) is 9.81. The third-order valence-electron chi connectivity index (χ3n) is 3.12. The molecule has 0 aliphatic carbocycles. The summed E-state index contributed by atoms with van der Waals surface area (Å²) in [6.07, 6.45) is 1.33. The average Bonchev–Trinajstić information content (AvgIpc) is 2.07. The second-order valence-corrected chi connectivity index (χ2v) is 5.03. The number of rotatable bonds is 6. The van der Waals surface area contributed by atoms with E-state index in [2.05, 4.69) is 4.90 Å². The molecule has 0 aromatic heterocycles. The van der Waals surface area contributed by atoms with E-state index in [1.54, 1.807) is 13.8 Å². The van der Waals surface area contributed by atoms with Crippen LogP contribution in [-0.4, -0.2) is 40.9 Å². The lowest BCUT2D eigenvalue weighted by Gasteiger charge is -2.37. The van der Waals surface area contributed by atoms with Gasteiger partial charge in [-0.1, -0.05) is 0 Å². The molecule has 0 unspecified atom stereocenters. The van der Waals surface area contributed by atoms with Gasteiger partial charge < -0.3 is 10.6 Å². The number of nitrogens with zero attached hydrogens (tertiary/aromatic N) is 2. The van der Waals surface area contributed by atoms with Crippen molar-refractivity contribution in [3.63, 3.8) is 0 Å². The van der Waals surface area contributed by atoms with Gasteiger partial charge in [0.15, 0.2) is 0 Å². The summed E-state index contributed by atoms with van der Waals surface area (Å²) in [5.74, 6) is -0.273. The lowest BCUT2D eigenvalue weighted by Crippen LogP contribution is -2.52. The Labute approximate surface area is 94.9 Å². The Morgan fingerprint density at radius 1 is 1.56 bits per heavy atom. The van der Waals surface area contributed by atoms with Gasteiger partial charge in [0, 0.05) is 38.3 Å². The lowest BCUT2D eigenvalue weighted by atomic mass is 9.96. The summed E-state index contributed by atoms with van der Waals surface area (Å²) in [6, 6.07) is 0. The van der Waals surface area contributed by atoms with Crippen molar-refractivity contribution in [3.05, 3.63) is 10.1 Å². The Bertz CT molecular complexity index is 285. The van der Waals surface area contributed by atoms with Gasteiger partial charge in [0.05, 0.1) is 5.92 Å². The summed E-state index contributed by atoms with van der Waals surface area (Å²) in [5, 5.41) is 10.7. The minimum atomic E-state index is -0.853. The van der Waals surface area contributed by atoms with Gasteiger partial charge in [-0.05, 0) is 13.0 Å². The third-order valence-corrected chi connectivity index (χ3v) is 3.12. The van der Waals surface area contributed by atoms with E-state index in [-0.39, 0.29) is 16.7 Å². The summed E-state index contributed by atoms with van der Waals surface area (Å²) in [5.41, 5.74) is 4.29. The van der Waals surface area contributed by atoms with E-state index in [1.807, 2.05) is 0 Å². The van der Waals surface area contributed by atoms with Crippen molar-refractivity contribution in [3.8, 4) is 0 Å². The number of nitrogens with two attached hydrogens (primary N) is 1. The number of hydrogen-bond donors (Lipinski definition) is 1. The van der Waals surface area contributed by atoms with Crippen molar-refractivity contribution >= 4 is 5.91 Å². The van der Waals surface area contributed by atoms with Gasteiger partial charge in [-0.15, -0.1) is 0 Å². The molecule has 1 amide bonds. The van der Waals surface area contributed by atoms with Crippen molar-refractivity contribution < 1.29 is 9.72 Å². The Kier molecular flexibility index (Phi) is 3.85. The fourth-order valence-electron chi connectivity index (χ4n) is 1.76. The largest absolute Gasteiger partial charge is 0.369 e. The van der Waals surface area contributed by atoms with Crippen molar-refractivity contribution in [2.24, 2.45) is 11.7 Å². The van der Waals surface area contributed by atoms with Gasteiger partial charge in [0.25, 0.3) is 0 Å². The van der Waals surface area contributed by atoms with Crippen LogP contribution in [0.15, 0.2) is 0 Å². The molecular formula is C10H19N3O3. The zero-order valence-corrected chi connectivity index (χ0v) is 9.81. The maximum absolute atomic E-state index is 10.8. The molecule has 92 valence electrons. The molecule has 6 nitrogen and oxygen atoms in total. The summed E-state index contributed by atoms with van der Waals surface area (Å²) >= 11 is 0. The van der Waals surface area contributed by atoms with Gasteiger partial charge in [-0.25, -0.2) is 0 Å². The van der Waals surface area contributed by atoms with E-state index in [1.165, 1.54) is 0 Å². The monoisotopic (exact) mass is 229 g/mol. The molecule has 1 heterocycles. The number of hydrogen-bond acceptors (Lipinski definition) is 4. The SMILES string of the molecule is CC(C)(CCCN1CC(C(N)=O)C1)[N+](=O)[O-]. The molecule has 1 aliphatic heterocycles. The molecule has 0 saturated carbocycles. The second kappa shape index (κ2) is 4.78. The molecule has 0 atom stereocenters. The normalized spacial score (nSPS) is 18.1. The van der Waals surface area contributed by atoms with E-state index in [0.717, 1.165) is 13.0 Å². The van der Waals surface area contributed by atoms with Gasteiger partial charge in [0.1, 0.15) is 0 Å². The molecule has 1 fully saturated rings. The Morgan fingerprint density at radius 3 is 2.56 bits per heavy atom. The van der Waals surface area contributed by atoms with E-state index >= 15 is 0 Å². The first-order valence-electron chi connectivity index (χ1n) is 5.49. The lowest BCUT2D eigenvalue weighted by molar-refractivity contribution is -0.561. The molecule has 0 radical (unpaired) electrons. The predicted molar refractivity (Wildman–Crippen MR) is 59.4 cm³/mol. The van der Waals surface area contributed by atoms with Crippen LogP contribution >= 0.6 is 0 Å². The Hall–Kier alpha value is -1.17. The summed E-state index contributed by atoms with van der Waals surface area (Å²) < 4.78 is 0. The predicted octanol–water partition coefficient (Wildman–Crippen LogP) is 0.239. The molecular weight excluding hydrogens is 210 g/mol. The average molecular weight is 229 g/mol. The van der Waals surface area contributed by atoms with Gasteiger partial charge >= 0.3 is 0 Å². The Balaban J connectivity index is 2.14. The number of carbonyl (C=O) groups is 1. The molecule has 16 heavy (non-hydrogen) atoms. The minimum Gasteiger partial charge on any atom is -0.369 e. The van der Waals surface area contributed by atoms with Crippen LogP contribution in [0, 0.1) is 16.0 Å².